The highest BCUT2D eigenvalue weighted by molar-refractivity contribution is 7.89. The molecular weight excluding hydrogens is 256 g/mol. The van der Waals surface area contributed by atoms with Crippen LogP contribution in [0.25, 0.3) is 0 Å². The quantitative estimate of drug-likeness (QED) is 0.647. The molecule has 1 heterocycles. The lowest BCUT2D eigenvalue weighted by atomic mass is 10.1. The molecule has 0 aromatic carbocycles. The van der Waals surface area contributed by atoms with Gasteiger partial charge in [-0.3, -0.25) is 5.10 Å². The number of aromatic amines is 1. The van der Waals surface area contributed by atoms with Gasteiger partial charge in [0.2, 0.25) is 0 Å². The first kappa shape index (κ1) is 15.1. The van der Waals surface area contributed by atoms with Crippen LogP contribution in [0.3, 0.4) is 0 Å². The first-order valence-electron chi connectivity index (χ1n) is 5.68. The third-order valence-electron chi connectivity index (χ3n) is 2.39. The topological polar surface area (TPSA) is 110 Å². The molecule has 0 atom stereocenters. The number of hydrogen-bond donors (Lipinski definition) is 3. The Morgan fingerprint density at radius 2 is 2.22 bits per heavy atom. The zero-order valence-corrected chi connectivity index (χ0v) is 11.7. The molecule has 1 aromatic rings. The minimum Gasteiger partial charge on any atom is -0.375 e. The van der Waals surface area contributed by atoms with Crippen LogP contribution >= 0.6 is 0 Å². The molecule has 0 amide bonds. The summed E-state index contributed by atoms with van der Waals surface area (Å²) in [7, 11) is -3.64. The van der Waals surface area contributed by atoms with E-state index in [4.69, 9.17) is 10.5 Å². The average Bonchev–Trinajstić information content (AvgIpc) is 2.75. The number of rotatable bonds is 7. The van der Waals surface area contributed by atoms with Crippen LogP contribution in [-0.2, 0) is 21.3 Å². The van der Waals surface area contributed by atoms with Crippen LogP contribution in [0.4, 0.5) is 0 Å². The number of sulfonamides is 1. The molecule has 8 heteroatoms. The molecule has 7 nitrogen and oxygen atoms in total. The fraction of sp³-hybridized carbons (Fsp3) is 0.700. The summed E-state index contributed by atoms with van der Waals surface area (Å²) in [6, 6.07) is 0. The maximum atomic E-state index is 12.0. The lowest BCUT2D eigenvalue weighted by Gasteiger charge is -2.24. The number of hydrogen-bond acceptors (Lipinski definition) is 5. The van der Waals surface area contributed by atoms with Crippen molar-refractivity contribution in [2.45, 2.75) is 37.9 Å². The summed E-state index contributed by atoms with van der Waals surface area (Å²) < 4.78 is 32.0. The highest BCUT2D eigenvalue weighted by atomic mass is 32.2. The van der Waals surface area contributed by atoms with Gasteiger partial charge in [-0.05, 0) is 20.8 Å². The Morgan fingerprint density at radius 1 is 1.56 bits per heavy atom. The summed E-state index contributed by atoms with van der Waals surface area (Å²) in [5.74, 6) is 0. The zero-order chi connectivity index (χ0) is 13.8. The van der Waals surface area contributed by atoms with Crippen molar-refractivity contribution in [3.63, 3.8) is 0 Å². The molecule has 4 N–H and O–H groups in total. The van der Waals surface area contributed by atoms with Gasteiger partial charge in [-0.15, -0.1) is 0 Å². The molecule has 0 unspecified atom stereocenters. The monoisotopic (exact) mass is 276 g/mol. The SMILES string of the molecule is CCOC(C)(C)CNS(=O)(=O)c1[nH]ncc1CN. The standard InChI is InChI=1S/C10H20N4O3S/c1-4-17-10(2,3)7-13-18(15,16)9-8(5-11)6-12-14-9/h6,13H,4-5,7,11H2,1-3H3,(H,12,14). The number of nitrogens with one attached hydrogen (secondary N) is 2. The molecule has 0 saturated carbocycles. The summed E-state index contributed by atoms with van der Waals surface area (Å²) in [5, 5.41) is 6.14. The Balaban J connectivity index is 2.78. The van der Waals surface area contributed by atoms with Gasteiger partial charge >= 0.3 is 0 Å². The second-order valence-corrected chi connectivity index (χ2v) is 6.15. The third kappa shape index (κ3) is 3.77. The van der Waals surface area contributed by atoms with E-state index >= 15 is 0 Å². The van der Waals surface area contributed by atoms with E-state index in [2.05, 4.69) is 14.9 Å². The predicted molar refractivity (Wildman–Crippen MR) is 67.4 cm³/mol. The molecule has 0 aliphatic heterocycles. The summed E-state index contributed by atoms with van der Waals surface area (Å²) >= 11 is 0. The van der Waals surface area contributed by atoms with Gasteiger partial charge in [0.15, 0.2) is 5.03 Å². The molecule has 0 aliphatic carbocycles. The van der Waals surface area contributed by atoms with Crippen LogP contribution in [0, 0.1) is 0 Å². The normalized spacial score (nSPS) is 12.9. The van der Waals surface area contributed by atoms with Crippen molar-refractivity contribution in [1.29, 1.82) is 0 Å². The molecule has 1 rings (SSSR count). The van der Waals surface area contributed by atoms with Crippen LogP contribution in [0.5, 0.6) is 0 Å². The lowest BCUT2D eigenvalue weighted by molar-refractivity contribution is -0.00516. The Kier molecular flexibility index (Phi) is 4.85. The van der Waals surface area contributed by atoms with Crippen molar-refractivity contribution < 1.29 is 13.2 Å². The molecule has 0 aliphatic rings. The largest absolute Gasteiger partial charge is 0.375 e. The third-order valence-corrected chi connectivity index (χ3v) is 3.81. The van der Waals surface area contributed by atoms with Gasteiger partial charge in [-0.1, -0.05) is 0 Å². The molecule has 0 bridgehead atoms. The van der Waals surface area contributed by atoms with Crippen molar-refractivity contribution >= 4 is 10.0 Å². The van der Waals surface area contributed by atoms with Gasteiger partial charge < -0.3 is 10.5 Å². The highest BCUT2D eigenvalue weighted by Crippen LogP contribution is 2.13. The van der Waals surface area contributed by atoms with E-state index in [9.17, 15) is 8.42 Å². The summed E-state index contributed by atoms with van der Waals surface area (Å²) in [6.45, 7) is 6.30. The van der Waals surface area contributed by atoms with Gasteiger partial charge in [-0.2, -0.15) is 5.10 Å². The fourth-order valence-corrected chi connectivity index (χ4v) is 2.80. The van der Waals surface area contributed by atoms with Gasteiger partial charge in [0, 0.05) is 25.3 Å². The number of nitrogens with zero attached hydrogens (tertiary/aromatic N) is 1. The van der Waals surface area contributed by atoms with Crippen LogP contribution in [0.15, 0.2) is 11.2 Å². The summed E-state index contributed by atoms with van der Waals surface area (Å²) in [6.07, 6.45) is 1.41. The molecule has 18 heavy (non-hydrogen) atoms. The Labute approximate surface area is 107 Å². The van der Waals surface area contributed by atoms with E-state index in [-0.39, 0.29) is 18.1 Å². The second kappa shape index (κ2) is 5.79. The second-order valence-electron chi connectivity index (χ2n) is 4.45. The van der Waals surface area contributed by atoms with Gasteiger partial charge in [-0.25, -0.2) is 13.1 Å². The van der Waals surface area contributed by atoms with E-state index in [0.717, 1.165) is 0 Å². The number of ether oxygens (including phenoxy) is 1. The highest BCUT2D eigenvalue weighted by Gasteiger charge is 2.25. The van der Waals surface area contributed by atoms with E-state index < -0.39 is 15.6 Å². The van der Waals surface area contributed by atoms with Gasteiger partial charge in [0.25, 0.3) is 10.0 Å². The van der Waals surface area contributed by atoms with Crippen molar-refractivity contribution in [1.82, 2.24) is 14.9 Å². The number of aromatic nitrogens is 2. The first-order chi connectivity index (χ1) is 8.32. The Hall–Kier alpha value is -0.960. The Bertz CT molecular complexity index is 481. The average molecular weight is 276 g/mol. The number of H-pyrrole nitrogens is 1. The Morgan fingerprint density at radius 3 is 2.78 bits per heavy atom. The summed E-state index contributed by atoms with van der Waals surface area (Å²) in [4.78, 5) is 0. The van der Waals surface area contributed by atoms with Crippen molar-refractivity contribution in [2.75, 3.05) is 13.2 Å². The first-order valence-corrected chi connectivity index (χ1v) is 7.16. The van der Waals surface area contributed by atoms with E-state index in [1.54, 1.807) is 0 Å². The summed E-state index contributed by atoms with van der Waals surface area (Å²) in [5.41, 5.74) is 5.34. The van der Waals surface area contributed by atoms with Crippen molar-refractivity contribution in [3.8, 4) is 0 Å². The van der Waals surface area contributed by atoms with E-state index in [0.29, 0.717) is 12.2 Å². The van der Waals surface area contributed by atoms with Crippen molar-refractivity contribution in [3.05, 3.63) is 11.8 Å². The minimum absolute atomic E-state index is 0.0114. The molecule has 0 saturated heterocycles. The van der Waals surface area contributed by atoms with Gasteiger partial charge in [0.1, 0.15) is 0 Å². The molecule has 104 valence electrons. The molecule has 0 spiro atoms. The van der Waals surface area contributed by atoms with Crippen LogP contribution in [-0.4, -0.2) is 37.4 Å². The minimum atomic E-state index is -3.64. The zero-order valence-electron chi connectivity index (χ0n) is 10.9. The van der Waals surface area contributed by atoms with Crippen molar-refractivity contribution in [2.24, 2.45) is 5.73 Å². The molecule has 0 radical (unpaired) electrons. The maximum absolute atomic E-state index is 12.0. The smallest absolute Gasteiger partial charge is 0.257 e. The predicted octanol–water partition coefficient (Wildman–Crippen LogP) is -0.0382. The van der Waals surface area contributed by atoms with Crippen LogP contribution in [0.2, 0.25) is 0 Å². The molecular formula is C10H20N4O3S. The maximum Gasteiger partial charge on any atom is 0.257 e. The fourth-order valence-electron chi connectivity index (χ4n) is 1.46. The van der Waals surface area contributed by atoms with E-state index in [1.807, 2.05) is 20.8 Å². The van der Waals surface area contributed by atoms with Gasteiger partial charge in [0.05, 0.1) is 11.8 Å². The van der Waals surface area contributed by atoms with Crippen LogP contribution in [0.1, 0.15) is 26.3 Å². The van der Waals surface area contributed by atoms with E-state index in [1.165, 1.54) is 6.20 Å². The molecule has 1 aromatic heterocycles. The van der Waals surface area contributed by atoms with Crippen LogP contribution < -0.4 is 10.5 Å². The molecule has 0 fully saturated rings. The lowest BCUT2D eigenvalue weighted by Crippen LogP contribution is -2.40. The number of nitrogens with two attached hydrogens (primary N) is 1.